The Hall–Kier alpha value is -1.16. The van der Waals surface area contributed by atoms with Crippen molar-refractivity contribution in [1.82, 2.24) is 10.2 Å². The van der Waals surface area contributed by atoms with Crippen molar-refractivity contribution in [3.63, 3.8) is 0 Å². The van der Waals surface area contributed by atoms with Crippen LogP contribution >= 0.6 is 0 Å². The van der Waals surface area contributed by atoms with Crippen molar-refractivity contribution >= 4 is 5.82 Å². The molecule has 2 N–H and O–H groups in total. The highest BCUT2D eigenvalue weighted by Crippen LogP contribution is 1.98. The van der Waals surface area contributed by atoms with Crippen LogP contribution in [-0.4, -0.2) is 28.0 Å². The minimum absolute atomic E-state index is 0.313. The molecule has 0 saturated carbocycles. The van der Waals surface area contributed by atoms with E-state index in [2.05, 4.69) is 15.5 Å². The molecule has 0 aliphatic heterocycles. The van der Waals surface area contributed by atoms with E-state index in [0.29, 0.717) is 12.4 Å². The molecule has 0 radical (unpaired) electrons. The van der Waals surface area contributed by atoms with Gasteiger partial charge < -0.3 is 10.4 Å². The van der Waals surface area contributed by atoms with Gasteiger partial charge >= 0.3 is 0 Å². The van der Waals surface area contributed by atoms with Crippen LogP contribution in [0, 0.1) is 0 Å². The van der Waals surface area contributed by atoms with E-state index in [-0.39, 0.29) is 6.10 Å². The van der Waals surface area contributed by atoms with Gasteiger partial charge in [0.2, 0.25) is 0 Å². The lowest BCUT2D eigenvalue weighted by molar-refractivity contribution is 0.183. The molecule has 0 saturated heterocycles. The molecule has 1 aromatic heterocycles. The first-order valence-electron chi connectivity index (χ1n) is 4.02. The molecule has 0 aromatic carbocycles. The highest BCUT2D eigenvalue weighted by Gasteiger charge is 1.99. The Bertz CT molecular complexity index is 215. The first-order valence-corrected chi connectivity index (χ1v) is 4.02. The van der Waals surface area contributed by atoms with Gasteiger partial charge in [0, 0.05) is 12.7 Å². The molecule has 12 heavy (non-hydrogen) atoms. The number of nitrogens with zero attached hydrogens (tertiary/aromatic N) is 2. The highest BCUT2D eigenvalue weighted by molar-refractivity contribution is 5.31. The summed E-state index contributed by atoms with van der Waals surface area (Å²) >= 11 is 0. The molecule has 0 unspecified atom stereocenters. The van der Waals surface area contributed by atoms with E-state index in [1.165, 1.54) is 0 Å². The van der Waals surface area contributed by atoms with Gasteiger partial charge in [-0.05, 0) is 18.6 Å². The van der Waals surface area contributed by atoms with Crippen LogP contribution < -0.4 is 5.32 Å². The molecule has 0 aliphatic carbocycles. The lowest BCUT2D eigenvalue weighted by atomic mass is 10.3. The summed E-state index contributed by atoms with van der Waals surface area (Å²) in [6, 6.07) is 3.61. The van der Waals surface area contributed by atoms with Gasteiger partial charge in [0.25, 0.3) is 0 Å². The number of aromatic nitrogens is 2. The van der Waals surface area contributed by atoms with Crippen molar-refractivity contribution in [1.29, 1.82) is 0 Å². The molecule has 0 amide bonds. The number of hydrogen-bond acceptors (Lipinski definition) is 4. The summed E-state index contributed by atoms with van der Waals surface area (Å²) in [5, 5.41) is 19.7. The molecular weight excluding hydrogens is 154 g/mol. The molecule has 4 heteroatoms. The van der Waals surface area contributed by atoms with Crippen LogP contribution in [0.4, 0.5) is 5.82 Å². The number of anilines is 1. The van der Waals surface area contributed by atoms with E-state index < -0.39 is 0 Å². The van der Waals surface area contributed by atoms with Gasteiger partial charge in [-0.2, -0.15) is 5.10 Å². The zero-order chi connectivity index (χ0) is 8.81. The van der Waals surface area contributed by atoms with E-state index in [4.69, 9.17) is 0 Å². The Kier molecular flexibility index (Phi) is 3.47. The maximum Gasteiger partial charge on any atom is 0.148 e. The zero-order valence-electron chi connectivity index (χ0n) is 7.07. The largest absolute Gasteiger partial charge is 0.391 e. The van der Waals surface area contributed by atoms with E-state index >= 15 is 0 Å². The zero-order valence-corrected chi connectivity index (χ0v) is 7.07. The summed E-state index contributed by atoms with van der Waals surface area (Å²) in [4.78, 5) is 0. The molecule has 0 bridgehead atoms. The Morgan fingerprint density at radius 3 is 3.08 bits per heavy atom. The lowest BCUT2D eigenvalue weighted by Crippen LogP contribution is -2.18. The third kappa shape index (κ3) is 2.84. The smallest absolute Gasteiger partial charge is 0.148 e. The lowest BCUT2D eigenvalue weighted by Gasteiger charge is -2.08. The van der Waals surface area contributed by atoms with Crippen molar-refractivity contribution in [3.05, 3.63) is 18.3 Å². The van der Waals surface area contributed by atoms with Crippen LogP contribution in [0.2, 0.25) is 0 Å². The fourth-order valence-electron chi connectivity index (χ4n) is 0.763. The summed E-state index contributed by atoms with van der Waals surface area (Å²) in [7, 11) is 0. The Morgan fingerprint density at radius 1 is 1.67 bits per heavy atom. The van der Waals surface area contributed by atoms with E-state index in [1.807, 2.05) is 13.0 Å². The summed E-state index contributed by atoms with van der Waals surface area (Å²) in [6.07, 6.45) is 2.04. The minimum atomic E-state index is -0.313. The molecule has 4 nitrogen and oxygen atoms in total. The van der Waals surface area contributed by atoms with E-state index in [9.17, 15) is 5.11 Å². The molecule has 1 aromatic rings. The van der Waals surface area contributed by atoms with Crippen molar-refractivity contribution in [3.8, 4) is 0 Å². The summed E-state index contributed by atoms with van der Waals surface area (Å²) in [6.45, 7) is 2.46. The van der Waals surface area contributed by atoms with Crippen molar-refractivity contribution in [2.24, 2.45) is 0 Å². The Balaban J connectivity index is 2.33. The third-order valence-electron chi connectivity index (χ3n) is 1.56. The SMILES string of the molecule is CC[C@H](O)CNc1cccnn1. The monoisotopic (exact) mass is 167 g/mol. The highest BCUT2D eigenvalue weighted by atomic mass is 16.3. The van der Waals surface area contributed by atoms with Crippen LogP contribution in [-0.2, 0) is 0 Å². The van der Waals surface area contributed by atoms with Gasteiger partial charge in [-0.1, -0.05) is 6.92 Å². The summed E-state index contributed by atoms with van der Waals surface area (Å²) in [5.41, 5.74) is 0. The number of rotatable bonds is 4. The summed E-state index contributed by atoms with van der Waals surface area (Å²) < 4.78 is 0. The van der Waals surface area contributed by atoms with Crippen molar-refractivity contribution in [2.45, 2.75) is 19.4 Å². The van der Waals surface area contributed by atoms with E-state index in [1.54, 1.807) is 12.3 Å². The minimum Gasteiger partial charge on any atom is -0.391 e. The first kappa shape index (κ1) is 8.93. The fraction of sp³-hybridized carbons (Fsp3) is 0.500. The first-order chi connectivity index (χ1) is 5.83. The predicted octanol–water partition coefficient (Wildman–Crippen LogP) is 0.659. The van der Waals surface area contributed by atoms with Crippen molar-refractivity contribution in [2.75, 3.05) is 11.9 Å². The quantitative estimate of drug-likeness (QED) is 0.691. The Labute approximate surface area is 71.6 Å². The second-order valence-corrected chi connectivity index (χ2v) is 2.55. The van der Waals surface area contributed by atoms with Gasteiger partial charge in [-0.25, -0.2) is 0 Å². The van der Waals surface area contributed by atoms with E-state index in [0.717, 1.165) is 6.42 Å². The topological polar surface area (TPSA) is 58.0 Å². The number of hydrogen-bond donors (Lipinski definition) is 2. The standard InChI is InChI=1S/C8H13N3O/c1-2-7(12)6-9-8-4-3-5-10-11-8/h3-5,7,12H,2,6H2,1H3,(H,9,11)/t7-/m0/s1. The maximum absolute atomic E-state index is 9.21. The predicted molar refractivity (Wildman–Crippen MR) is 46.8 cm³/mol. The number of aliphatic hydroxyl groups is 1. The van der Waals surface area contributed by atoms with Gasteiger partial charge in [0.05, 0.1) is 6.10 Å². The van der Waals surface area contributed by atoms with Crippen LogP contribution in [0.15, 0.2) is 18.3 Å². The maximum atomic E-state index is 9.21. The van der Waals surface area contributed by atoms with Crippen LogP contribution in [0.1, 0.15) is 13.3 Å². The molecule has 1 atom stereocenters. The van der Waals surface area contributed by atoms with Gasteiger partial charge in [-0.3, -0.25) is 0 Å². The fourth-order valence-corrected chi connectivity index (χ4v) is 0.763. The Morgan fingerprint density at radius 2 is 2.50 bits per heavy atom. The molecule has 0 fully saturated rings. The number of aliphatic hydroxyl groups excluding tert-OH is 1. The second kappa shape index (κ2) is 4.66. The average molecular weight is 167 g/mol. The normalized spacial score (nSPS) is 12.5. The molecule has 66 valence electrons. The van der Waals surface area contributed by atoms with Gasteiger partial charge in [-0.15, -0.1) is 5.10 Å². The molecular formula is C8H13N3O. The molecule has 0 aliphatic rings. The second-order valence-electron chi connectivity index (χ2n) is 2.55. The van der Waals surface area contributed by atoms with Crippen molar-refractivity contribution < 1.29 is 5.11 Å². The molecule has 0 spiro atoms. The van der Waals surface area contributed by atoms with Crippen LogP contribution in [0.5, 0.6) is 0 Å². The third-order valence-corrected chi connectivity index (χ3v) is 1.56. The average Bonchev–Trinajstić information content (AvgIpc) is 2.16. The summed E-state index contributed by atoms with van der Waals surface area (Å²) in [5.74, 6) is 0.699. The molecule has 1 heterocycles. The van der Waals surface area contributed by atoms with Crippen LogP contribution in [0.3, 0.4) is 0 Å². The van der Waals surface area contributed by atoms with Gasteiger partial charge in [0.15, 0.2) is 0 Å². The van der Waals surface area contributed by atoms with Gasteiger partial charge in [0.1, 0.15) is 5.82 Å². The number of nitrogens with one attached hydrogen (secondary N) is 1. The van der Waals surface area contributed by atoms with Crippen LogP contribution in [0.25, 0.3) is 0 Å². The molecule has 1 rings (SSSR count).